The van der Waals surface area contributed by atoms with Crippen LogP contribution in [0.25, 0.3) is 0 Å². The molecule has 3 aliphatic rings. The molecule has 2 aromatic carbocycles. The van der Waals surface area contributed by atoms with Gasteiger partial charge in [-0.3, -0.25) is 4.79 Å². The minimum Gasteiger partial charge on any atom is -0.465 e. The van der Waals surface area contributed by atoms with E-state index in [4.69, 9.17) is 4.74 Å². The van der Waals surface area contributed by atoms with Gasteiger partial charge in [0.2, 0.25) is 0 Å². The molecule has 1 aliphatic carbocycles. The quantitative estimate of drug-likeness (QED) is 0.373. The van der Waals surface area contributed by atoms with Gasteiger partial charge in [0, 0.05) is 21.6 Å². The number of benzene rings is 2. The summed E-state index contributed by atoms with van der Waals surface area (Å²) < 4.78 is 6.23. The summed E-state index contributed by atoms with van der Waals surface area (Å²) in [5.41, 5.74) is 2.44. The van der Waals surface area contributed by atoms with Crippen molar-refractivity contribution < 1.29 is 9.53 Å². The Balaban J connectivity index is 1.70. The van der Waals surface area contributed by atoms with E-state index in [0.717, 1.165) is 0 Å². The third-order valence-corrected chi connectivity index (χ3v) is 7.77. The van der Waals surface area contributed by atoms with Gasteiger partial charge in [0.05, 0.1) is 18.6 Å². The highest BCUT2D eigenvalue weighted by Gasteiger charge is 2.60. The lowest BCUT2D eigenvalue weighted by atomic mass is 9.69. The van der Waals surface area contributed by atoms with E-state index in [2.05, 4.69) is 82.1 Å². The number of anilines is 1. The van der Waals surface area contributed by atoms with Crippen molar-refractivity contribution >= 4 is 34.2 Å². The number of carbonyl (C=O) groups is 1. The highest BCUT2D eigenvalue weighted by molar-refractivity contribution is 14.1. The first-order valence-corrected chi connectivity index (χ1v) is 10.7. The normalized spacial score (nSPS) is 35.7. The standard InChI is InChI=1S/C22H22INO2/c23-17-12-11-15-13-26-22(25)19-18(15)21(17)24(16-9-5-2-6-10-16)20(19)14-7-3-1-4-8-14/h1-10,15,17-21H,11-13H2/t15-,17+,18-,19+,20+,21-/m1/s1. The van der Waals surface area contributed by atoms with Gasteiger partial charge in [0.15, 0.2) is 0 Å². The molecule has 0 radical (unpaired) electrons. The zero-order valence-electron chi connectivity index (χ0n) is 14.5. The van der Waals surface area contributed by atoms with Crippen molar-refractivity contribution in [2.45, 2.75) is 28.8 Å². The zero-order valence-corrected chi connectivity index (χ0v) is 16.7. The Morgan fingerprint density at radius 1 is 0.962 bits per heavy atom. The first-order chi connectivity index (χ1) is 12.8. The molecule has 0 spiro atoms. The van der Waals surface area contributed by atoms with Gasteiger partial charge in [-0.1, -0.05) is 71.1 Å². The van der Waals surface area contributed by atoms with Gasteiger partial charge in [-0.2, -0.15) is 0 Å². The summed E-state index contributed by atoms with van der Waals surface area (Å²) in [4.78, 5) is 15.5. The van der Waals surface area contributed by atoms with E-state index < -0.39 is 0 Å². The summed E-state index contributed by atoms with van der Waals surface area (Å²) in [5.74, 6) is 0.805. The predicted molar refractivity (Wildman–Crippen MR) is 110 cm³/mol. The van der Waals surface area contributed by atoms with Crippen LogP contribution in [0.4, 0.5) is 5.69 Å². The third kappa shape index (κ3) is 2.48. The summed E-state index contributed by atoms with van der Waals surface area (Å²) in [5, 5.41) is 0. The molecule has 6 atom stereocenters. The van der Waals surface area contributed by atoms with Gasteiger partial charge in [0.1, 0.15) is 0 Å². The number of hydrogen-bond donors (Lipinski definition) is 0. The average Bonchev–Trinajstić information content (AvgIpc) is 3.06. The van der Waals surface area contributed by atoms with Crippen LogP contribution in [0.5, 0.6) is 0 Å². The van der Waals surface area contributed by atoms with Crippen LogP contribution in [0, 0.1) is 17.8 Å². The van der Waals surface area contributed by atoms with E-state index in [1.165, 1.54) is 24.1 Å². The molecule has 0 bridgehead atoms. The minimum atomic E-state index is -0.0704. The molecule has 2 heterocycles. The van der Waals surface area contributed by atoms with Gasteiger partial charge in [-0.15, -0.1) is 0 Å². The summed E-state index contributed by atoms with van der Waals surface area (Å²) >= 11 is 2.62. The molecule has 4 heteroatoms. The van der Waals surface area contributed by atoms with Crippen molar-refractivity contribution in [3.8, 4) is 0 Å². The van der Waals surface area contributed by atoms with E-state index in [0.29, 0.717) is 28.4 Å². The molecule has 0 amide bonds. The van der Waals surface area contributed by atoms with Crippen molar-refractivity contribution in [2.75, 3.05) is 11.5 Å². The molecule has 0 aromatic heterocycles. The van der Waals surface area contributed by atoms with Crippen molar-refractivity contribution in [2.24, 2.45) is 17.8 Å². The number of halogens is 1. The number of alkyl halides is 1. The van der Waals surface area contributed by atoms with Gasteiger partial charge in [-0.05, 0) is 36.5 Å². The Morgan fingerprint density at radius 3 is 2.38 bits per heavy atom. The molecule has 0 unspecified atom stereocenters. The fourth-order valence-corrected chi connectivity index (χ4v) is 6.59. The monoisotopic (exact) mass is 459 g/mol. The average molecular weight is 459 g/mol. The number of esters is 1. The lowest BCUT2D eigenvalue weighted by Crippen LogP contribution is -2.49. The maximum absolute atomic E-state index is 12.9. The third-order valence-electron chi connectivity index (χ3n) is 6.41. The molecular formula is C22H22INO2. The Bertz CT molecular complexity index is 796. The minimum absolute atomic E-state index is 0.00552. The Hall–Kier alpha value is -1.56. The number of cyclic esters (lactones) is 1. The topological polar surface area (TPSA) is 29.5 Å². The van der Waals surface area contributed by atoms with E-state index >= 15 is 0 Å². The Morgan fingerprint density at radius 2 is 1.65 bits per heavy atom. The molecule has 134 valence electrons. The van der Waals surface area contributed by atoms with Gasteiger partial charge < -0.3 is 9.64 Å². The molecule has 2 saturated heterocycles. The second-order valence-corrected chi connectivity index (χ2v) is 9.28. The summed E-state index contributed by atoms with van der Waals surface area (Å²) in [6.07, 6.45) is 2.37. The van der Waals surface area contributed by atoms with E-state index in [1.807, 2.05) is 6.07 Å². The van der Waals surface area contributed by atoms with Crippen LogP contribution in [0.15, 0.2) is 60.7 Å². The number of nitrogens with zero attached hydrogens (tertiary/aromatic N) is 1. The number of rotatable bonds is 2. The van der Waals surface area contributed by atoms with Crippen LogP contribution in [0.3, 0.4) is 0 Å². The highest BCUT2D eigenvalue weighted by Crippen LogP contribution is 2.57. The lowest BCUT2D eigenvalue weighted by Gasteiger charge is -2.43. The molecular weight excluding hydrogens is 437 g/mol. The SMILES string of the molecule is O=C1OC[C@H]2CC[C@H](I)[C@@H]3[C@H]2[C@H]1[C@H](c1ccccc1)N3c1ccccc1. The molecule has 3 nitrogen and oxygen atoms in total. The van der Waals surface area contributed by atoms with Crippen LogP contribution in [0.1, 0.15) is 24.4 Å². The van der Waals surface area contributed by atoms with Crippen molar-refractivity contribution in [3.63, 3.8) is 0 Å². The number of carbonyl (C=O) groups excluding carboxylic acids is 1. The van der Waals surface area contributed by atoms with Crippen LogP contribution < -0.4 is 4.90 Å². The second kappa shape index (κ2) is 6.55. The number of para-hydroxylation sites is 1. The maximum atomic E-state index is 12.9. The largest absolute Gasteiger partial charge is 0.465 e. The van der Waals surface area contributed by atoms with E-state index in [1.54, 1.807) is 0 Å². The predicted octanol–water partition coefficient (Wildman–Crippen LogP) is 4.62. The molecule has 5 rings (SSSR count). The molecule has 0 N–H and O–H groups in total. The highest BCUT2D eigenvalue weighted by atomic mass is 127. The summed E-state index contributed by atoms with van der Waals surface area (Å²) in [6, 6.07) is 21.6. The molecule has 26 heavy (non-hydrogen) atoms. The second-order valence-electron chi connectivity index (χ2n) is 7.68. The number of hydrogen-bond acceptors (Lipinski definition) is 3. The van der Waals surface area contributed by atoms with Crippen LogP contribution >= 0.6 is 22.6 Å². The van der Waals surface area contributed by atoms with Crippen molar-refractivity contribution in [3.05, 3.63) is 66.2 Å². The molecule has 3 fully saturated rings. The van der Waals surface area contributed by atoms with E-state index in [9.17, 15) is 4.79 Å². The van der Waals surface area contributed by atoms with Crippen molar-refractivity contribution in [1.29, 1.82) is 0 Å². The van der Waals surface area contributed by atoms with Gasteiger partial charge in [0.25, 0.3) is 0 Å². The van der Waals surface area contributed by atoms with Crippen LogP contribution in [-0.4, -0.2) is 22.5 Å². The first kappa shape index (κ1) is 16.6. The number of ether oxygens (including phenoxy) is 1. The molecule has 2 aromatic rings. The van der Waals surface area contributed by atoms with Crippen molar-refractivity contribution in [1.82, 2.24) is 0 Å². The summed E-state index contributed by atoms with van der Waals surface area (Å²) in [7, 11) is 0. The smallest absolute Gasteiger partial charge is 0.311 e. The van der Waals surface area contributed by atoms with Crippen LogP contribution in [-0.2, 0) is 9.53 Å². The Labute approximate surface area is 167 Å². The fourth-order valence-electron chi connectivity index (χ4n) is 5.41. The lowest BCUT2D eigenvalue weighted by molar-refractivity contribution is -0.161. The van der Waals surface area contributed by atoms with Gasteiger partial charge >= 0.3 is 5.97 Å². The summed E-state index contributed by atoms with van der Waals surface area (Å²) in [6.45, 7) is 0.601. The molecule has 1 saturated carbocycles. The molecule has 2 aliphatic heterocycles. The fraction of sp³-hybridized carbons (Fsp3) is 0.409. The van der Waals surface area contributed by atoms with E-state index in [-0.39, 0.29) is 17.9 Å². The first-order valence-electron chi connectivity index (χ1n) is 9.45. The Kier molecular flexibility index (Phi) is 4.18. The maximum Gasteiger partial charge on any atom is 0.311 e. The zero-order chi connectivity index (χ0) is 17.7. The van der Waals surface area contributed by atoms with Crippen LogP contribution in [0.2, 0.25) is 0 Å². The van der Waals surface area contributed by atoms with Gasteiger partial charge in [-0.25, -0.2) is 0 Å².